The van der Waals surface area contributed by atoms with Crippen LogP contribution in [0.2, 0.25) is 0 Å². The van der Waals surface area contributed by atoms with Gasteiger partial charge in [-0.1, -0.05) is 30.3 Å². The van der Waals surface area contributed by atoms with Gasteiger partial charge in [0.1, 0.15) is 4.83 Å². The van der Waals surface area contributed by atoms with E-state index in [0.29, 0.717) is 19.5 Å². The molecule has 140 valence electrons. The third-order valence-corrected chi connectivity index (χ3v) is 6.40. The van der Waals surface area contributed by atoms with Gasteiger partial charge in [-0.05, 0) is 36.8 Å². The summed E-state index contributed by atoms with van der Waals surface area (Å²) in [6.07, 6.45) is 6.24. The molecular formula is C21H23N3O2S. The lowest BCUT2D eigenvalue weighted by molar-refractivity contribution is -0.130. The van der Waals surface area contributed by atoms with Crippen molar-refractivity contribution in [1.29, 1.82) is 0 Å². The van der Waals surface area contributed by atoms with E-state index in [1.54, 1.807) is 34.2 Å². The molecule has 1 aliphatic carbocycles. The standard InChI is InChI=1S/C21H23N3O2S/c1-23(13-15-7-3-2-4-8-15)18(25)11-12-24-14-22-20-19(21(24)26)16-9-5-6-10-17(16)27-20/h2-4,7-8,14H,5-6,9-13H2,1H3. The number of thiophene rings is 1. The van der Waals surface area contributed by atoms with Gasteiger partial charge in [-0.15, -0.1) is 11.3 Å². The molecule has 0 aliphatic heterocycles. The lowest BCUT2D eigenvalue weighted by Gasteiger charge is -2.17. The molecule has 0 spiro atoms. The molecule has 0 radical (unpaired) electrons. The molecule has 27 heavy (non-hydrogen) atoms. The SMILES string of the molecule is CN(Cc1ccccc1)C(=O)CCn1cnc2sc3c(c2c1=O)CCCC3. The van der Waals surface area contributed by atoms with Crippen LogP contribution in [0.3, 0.4) is 0 Å². The number of carbonyl (C=O) groups is 1. The molecule has 2 heterocycles. The molecule has 3 aromatic rings. The molecule has 0 unspecified atom stereocenters. The number of aromatic nitrogens is 2. The normalized spacial score (nSPS) is 13.5. The van der Waals surface area contributed by atoms with E-state index in [-0.39, 0.29) is 11.5 Å². The van der Waals surface area contributed by atoms with Gasteiger partial charge in [0.2, 0.25) is 5.91 Å². The first-order chi connectivity index (χ1) is 13.1. The van der Waals surface area contributed by atoms with E-state index in [4.69, 9.17) is 0 Å². The first kappa shape index (κ1) is 17.9. The number of amides is 1. The highest BCUT2D eigenvalue weighted by Gasteiger charge is 2.20. The molecule has 4 rings (SSSR count). The Morgan fingerprint density at radius 1 is 1.22 bits per heavy atom. The molecule has 2 aromatic heterocycles. The van der Waals surface area contributed by atoms with Gasteiger partial charge in [0.25, 0.3) is 5.56 Å². The van der Waals surface area contributed by atoms with Crippen molar-refractivity contribution < 1.29 is 4.79 Å². The van der Waals surface area contributed by atoms with Gasteiger partial charge in [0.05, 0.1) is 11.7 Å². The molecule has 0 fully saturated rings. The first-order valence-corrected chi connectivity index (χ1v) is 10.2. The van der Waals surface area contributed by atoms with Crippen molar-refractivity contribution in [3.05, 3.63) is 63.0 Å². The second kappa shape index (κ2) is 7.64. The van der Waals surface area contributed by atoms with Crippen molar-refractivity contribution in [3.8, 4) is 0 Å². The predicted molar refractivity (Wildman–Crippen MR) is 108 cm³/mol. The number of fused-ring (bicyclic) bond motifs is 3. The van der Waals surface area contributed by atoms with Crippen molar-refractivity contribution in [2.24, 2.45) is 0 Å². The van der Waals surface area contributed by atoms with Crippen LogP contribution in [0.15, 0.2) is 41.5 Å². The van der Waals surface area contributed by atoms with E-state index >= 15 is 0 Å². The summed E-state index contributed by atoms with van der Waals surface area (Å²) in [6, 6.07) is 9.91. The predicted octanol–water partition coefficient (Wildman–Crippen LogP) is 3.39. The Hall–Kier alpha value is -2.47. The maximum absolute atomic E-state index is 12.9. The number of aryl methyl sites for hydroxylation is 3. The van der Waals surface area contributed by atoms with Crippen molar-refractivity contribution in [2.75, 3.05) is 7.05 Å². The Morgan fingerprint density at radius 2 is 2.00 bits per heavy atom. The van der Waals surface area contributed by atoms with Crippen LogP contribution >= 0.6 is 11.3 Å². The number of carbonyl (C=O) groups excluding carboxylic acids is 1. The van der Waals surface area contributed by atoms with Crippen LogP contribution < -0.4 is 5.56 Å². The number of hydrogen-bond acceptors (Lipinski definition) is 4. The summed E-state index contributed by atoms with van der Waals surface area (Å²) in [6.45, 7) is 0.939. The van der Waals surface area contributed by atoms with Gasteiger partial charge in [0, 0.05) is 31.4 Å². The number of hydrogen-bond donors (Lipinski definition) is 0. The quantitative estimate of drug-likeness (QED) is 0.681. The summed E-state index contributed by atoms with van der Waals surface area (Å²) < 4.78 is 1.60. The maximum Gasteiger partial charge on any atom is 0.262 e. The minimum Gasteiger partial charge on any atom is -0.341 e. The smallest absolute Gasteiger partial charge is 0.262 e. The zero-order chi connectivity index (χ0) is 18.8. The minimum absolute atomic E-state index is 0.00193. The summed E-state index contributed by atoms with van der Waals surface area (Å²) in [5.74, 6) is 0.0261. The van der Waals surface area contributed by atoms with E-state index in [9.17, 15) is 9.59 Å². The fourth-order valence-corrected chi connectivity index (χ4v) is 4.91. The molecule has 6 heteroatoms. The Bertz CT molecular complexity index is 1020. The Morgan fingerprint density at radius 3 is 2.81 bits per heavy atom. The van der Waals surface area contributed by atoms with Crippen LogP contribution in [-0.4, -0.2) is 27.4 Å². The van der Waals surface area contributed by atoms with E-state index in [1.165, 1.54) is 16.9 Å². The highest BCUT2D eigenvalue weighted by Crippen LogP contribution is 2.33. The fourth-order valence-electron chi connectivity index (χ4n) is 3.69. The Balaban J connectivity index is 1.48. The van der Waals surface area contributed by atoms with Crippen molar-refractivity contribution in [3.63, 3.8) is 0 Å². The van der Waals surface area contributed by atoms with E-state index < -0.39 is 0 Å². The lowest BCUT2D eigenvalue weighted by Crippen LogP contribution is -2.29. The summed E-state index contributed by atoms with van der Waals surface area (Å²) in [7, 11) is 1.80. The van der Waals surface area contributed by atoms with Crippen molar-refractivity contribution in [1.82, 2.24) is 14.5 Å². The molecule has 0 N–H and O–H groups in total. The molecule has 5 nitrogen and oxygen atoms in total. The monoisotopic (exact) mass is 381 g/mol. The molecular weight excluding hydrogens is 358 g/mol. The molecule has 0 atom stereocenters. The molecule has 1 aromatic carbocycles. The van der Waals surface area contributed by atoms with Crippen LogP contribution in [0.5, 0.6) is 0 Å². The van der Waals surface area contributed by atoms with Gasteiger partial charge in [-0.3, -0.25) is 14.2 Å². The second-order valence-electron chi connectivity index (χ2n) is 7.12. The highest BCUT2D eigenvalue weighted by atomic mass is 32.1. The summed E-state index contributed by atoms with van der Waals surface area (Å²) in [5.41, 5.74) is 2.29. The van der Waals surface area contributed by atoms with E-state index in [2.05, 4.69) is 4.98 Å². The summed E-state index contributed by atoms with van der Waals surface area (Å²) >= 11 is 1.65. The van der Waals surface area contributed by atoms with Gasteiger partial charge < -0.3 is 4.90 Å². The zero-order valence-corrected chi connectivity index (χ0v) is 16.3. The topological polar surface area (TPSA) is 55.2 Å². The largest absolute Gasteiger partial charge is 0.341 e. The van der Waals surface area contributed by atoms with Crippen LogP contribution in [0.4, 0.5) is 0 Å². The number of nitrogens with zero attached hydrogens (tertiary/aromatic N) is 3. The molecule has 0 saturated heterocycles. The third-order valence-electron chi connectivity index (χ3n) is 5.20. The average molecular weight is 382 g/mol. The van der Waals surface area contributed by atoms with Crippen molar-refractivity contribution >= 4 is 27.5 Å². The zero-order valence-electron chi connectivity index (χ0n) is 15.5. The van der Waals surface area contributed by atoms with Gasteiger partial charge in [-0.2, -0.15) is 0 Å². The van der Waals surface area contributed by atoms with E-state index in [1.807, 2.05) is 30.3 Å². The van der Waals surface area contributed by atoms with Crippen LogP contribution in [0, 0.1) is 0 Å². The van der Waals surface area contributed by atoms with Crippen molar-refractivity contribution in [2.45, 2.75) is 45.2 Å². The molecule has 0 saturated carbocycles. The Kier molecular flexibility index (Phi) is 5.07. The van der Waals surface area contributed by atoms with E-state index in [0.717, 1.165) is 35.0 Å². The second-order valence-corrected chi connectivity index (χ2v) is 8.20. The van der Waals surface area contributed by atoms with Gasteiger partial charge >= 0.3 is 0 Å². The first-order valence-electron chi connectivity index (χ1n) is 9.41. The lowest BCUT2D eigenvalue weighted by atomic mass is 9.97. The summed E-state index contributed by atoms with van der Waals surface area (Å²) in [4.78, 5) is 33.8. The maximum atomic E-state index is 12.9. The summed E-state index contributed by atoms with van der Waals surface area (Å²) in [5, 5.41) is 0.780. The molecule has 1 amide bonds. The third kappa shape index (κ3) is 3.67. The van der Waals surface area contributed by atoms with Crippen LogP contribution in [0.25, 0.3) is 10.2 Å². The average Bonchev–Trinajstić information content (AvgIpc) is 3.07. The highest BCUT2D eigenvalue weighted by molar-refractivity contribution is 7.18. The number of rotatable bonds is 5. The van der Waals surface area contributed by atoms with Crippen LogP contribution in [-0.2, 0) is 30.7 Å². The number of benzene rings is 1. The Labute approximate surface area is 162 Å². The molecule has 1 aliphatic rings. The van der Waals surface area contributed by atoms with Crippen LogP contribution in [0.1, 0.15) is 35.3 Å². The fraction of sp³-hybridized carbons (Fsp3) is 0.381. The minimum atomic E-state index is -0.00193. The molecule has 0 bridgehead atoms. The van der Waals surface area contributed by atoms with Gasteiger partial charge in [-0.25, -0.2) is 4.98 Å². The van der Waals surface area contributed by atoms with Gasteiger partial charge in [0.15, 0.2) is 0 Å².